The van der Waals surface area contributed by atoms with Crippen LogP contribution in [0.25, 0.3) is 0 Å². The Morgan fingerprint density at radius 1 is 0.554 bits per heavy atom. The molecule has 4 N–H and O–H groups in total. The minimum absolute atomic E-state index is 0.206. The highest BCUT2D eigenvalue weighted by molar-refractivity contribution is 5.70. The molecule has 1 aliphatic rings. The number of esters is 2. The minimum atomic E-state index is -1.60. The van der Waals surface area contributed by atoms with Crippen LogP contribution in [0.4, 0.5) is 0 Å². The normalized spacial score (nSPS) is 20.7. The summed E-state index contributed by atoms with van der Waals surface area (Å²) in [4.78, 5) is 25.3. The van der Waals surface area contributed by atoms with Crippen molar-refractivity contribution in [2.75, 3.05) is 19.8 Å². The summed E-state index contributed by atoms with van der Waals surface area (Å²) in [6, 6.07) is 0. The van der Waals surface area contributed by atoms with E-state index in [0.717, 1.165) is 57.8 Å². The van der Waals surface area contributed by atoms with Crippen molar-refractivity contribution in [3.63, 3.8) is 0 Å². The number of aliphatic hydroxyl groups excluding tert-OH is 4. The summed E-state index contributed by atoms with van der Waals surface area (Å²) < 4.78 is 22.1. The Balaban J connectivity index is 2.35. The maximum absolute atomic E-state index is 12.8. The van der Waals surface area contributed by atoms with Crippen LogP contribution in [-0.2, 0) is 28.5 Å². The Morgan fingerprint density at radius 3 is 1.54 bits per heavy atom. The van der Waals surface area contributed by atoms with Crippen LogP contribution in [0.5, 0.6) is 0 Å². The average Bonchev–Trinajstić information content (AvgIpc) is 3.19. The molecule has 2 unspecified atom stereocenters. The summed E-state index contributed by atoms with van der Waals surface area (Å²) in [7, 11) is 0. The van der Waals surface area contributed by atoms with Crippen molar-refractivity contribution in [1.82, 2.24) is 0 Å². The van der Waals surface area contributed by atoms with Crippen LogP contribution in [0.3, 0.4) is 0 Å². The maximum Gasteiger partial charge on any atom is 0.306 e. The van der Waals surface area contributed by atoms with E-state index in [1.165, 1.54) is 96.3 Å². The SMILES string of the molecule is CCCCC/C=C/C/C=C/C/C=C/CCCCCCC(=O)O[C@H](COC(=O)CCCCCCCCCCCCCCCC)CO[C@@H]1O[C@H](CO)[C@H](O)C(O)C1O. The van der Waals surface area contributed by atoms with E-state index in [4.69, 9.17) is 18.9 Å². The van der Waals surface area contributed by atoms with Gasteiger partial charge in [-0.1, -0.05) is 159 Å². The van der Waals surface area contributed by atoms with Gasteiger partial charge in [-0.15, -0.1) is 0 Å². The van der Waals surface area contributed by atoms with Gasteiger partial charge < -0.3 is 39.4 Å². The molecular weight excluding hydrogens is 712 g/mol. The molecule has 6 atom stereocenters. The highest BCUT2D eigenvalue weighted by atomic mass is 16.7. The van der Waals surface area contributed by atoms with Gasteiger partial charge in [-0.3, -0.25) is 9.59 Å². The lowest BCUT2D eigenvalue weighted by atomic mass is 9.99. The van der Waals surface area contributed by atoms with Crippen LogP contribution in [-0.4, -0.2) is 89.0 Å². The number of rotatable bonds is 37. The molecule has 0 aliphatic carbocycles. The fourth-order valence-electron chi connectivity index (χ4n) is 6.67. The second-order valence-corrected chi connectivity index (χ2v) is 15.5. The highest BCUT2D eigenvalue weighted by Gasteiger charge is 2.44. The molecule has 0 aromatic heterocycles. The third-order valence-electron chi connectivity index (χ3n) is 10.3. The quantitative estimate of drug-likeness (QED) is 0.0272. The second-order valence-electron chi connectivity index (χ2n) is 15.5. The molecule has 0 bridgehead atoms. The third kappa shape index (κ3) is 28.3. The fourth-order valence-corrected chi connectivity index (χ4v) is 6.67. The number of unbranched alkanes of at least 4 members (excludes halogenated alkanes) is 20. The summed E-state index contributed by atoms with van der Waals surface area (Å²) >= 11 is 0. The Kier molecular flexibility index (Phi) is 34.5. The molecule has 0 radical (unpaired) electrons. The lowest BCUT2D eigenvalue weighted by Crippen LogP contribution is -2.59. The van der Waals surface area contributed by atoms with Crippen LogP contribution in [0.1, 0.15) is 187 Å². The molecule has 1 rings (SSSR count). The zero-order chi connectivity index (χ0) is 40.9. The van der Waals surface area contributed by atoms with E-state index in [1.807, 2.05) is 0 Å². The molecule has 1 heterocycles. The molecule has 0 saturated carbocycles. The zero-order valence-corrected chi connectivity index (χ0v) is 35.4. The van der Waals surface area contributed by atoms with E-state index in [0.29, 0.717) is 6.42 Å². The van der Waals surface area contributed by atoms with Crippen LogP contribution >= 0.6 is 0 Å². The number of ether oxygens (including phenoxy) is 4. The van der Waals surface area contributed by atoms with Crippen molar-refractivity contribution >= 4 is 11.9 Å². The number of carbonyl (C=O) groups is 2. The smallest absolute Gasteiger partial charge is 0.306 e. The Morgan fingerprint density at radius 2 is 1.00 bits per heavy atom. The monoisotopic (exact) mass is 795 g/mol. The average molecular weight is 795 g/mol. The predicted octanol–water partition coefficient (Wildman–Crippen LogP) is 9.50. The molecule has 10 nitrogen and oxygen atoms in total. The number of carbonyl (C=O) groups excluding carboxylic acids is 2. The first-order chi connectivity index (χ1) is 27.3. The maximum atomic E-state index is 12.8. The Labute approximate surface area is 340 Å². The van der Waals surface area contributed by atoms with E-state index in [-0.39, 0.29) is 32.0 Å². The number of hydrogen-bond donors (Lipinski definition) is 4. The van der Waals surface area contributed by atoms with Gasteiger partial charge in [0.25, 0.3) is 0 Å². The summed E-state index contributed by atoms with van der Waals surface area (Å²) in [6.07, 6.45) is 34.3. The summed E-state index contributed by atoms with van der Waals surface area (Å²) in [6.45, 7) is 3.38. The molecule has 10 heteroatoms. The van der Waals surface area contributed by atoms with Crippen LogP contribution in [0.2, 0.25) is 0 Å². The highest BCUT2D eigenvalue weighted by Crippen LogP contribution is 2.22. The van der Waals surface area contributed by atoms with Crippen LogP contribution in [0, 0.1) is 0 Å². The summed E-state index contributed by atoms with van der Waals surface area (Å²) in [5.74, 6) is -0.828. The molecule has 1 aliphatic heterocycles. The van der Waals surface area contributed by atoms with Gasteiger partial charge in [0.2, 0.25) is 0 Å². The predicted molar refractivity (Wildman–Crippen MR) is 224 cm³/mol. The van der Waals surface area contributed by atoms with Crippen molar-refractivity contribution < 1.29 is 49.0 Å². The Bertz CT molecular complexity index is 1010. The Hall–Kier alpha value is -2.08. The molecule has 1 fully saturated rings. The van der Waals surface area contributed by atoms with E-state index in [1.54, 1.807) is 0 Å². The van der Waals surface area contributed by atoms with E-state index in [9.17, 15) is 30.0 Å². The first kappa shape index (κ1) is 51.9. The van der Waals surface area contributed by atoms with Crippen molar-refractivity contribution in [2.45, 2.75) is 224 Å². The lowest BCUT2D eigenvalue weighted by molar-refractivity contribution is -0.305. The van der Waals surface area contributed by atoms with Gasteiger partial charge in [0, 0.05) is 12.8 Å². The standard InChI is InChI=1S/C46H82O10/c1-3-5-7-9-11-13-15-17-19-20-21-23-25-27-29-31-33-35-42(49)55-39(38-54-46-45(52)44(51)43(50)40(36-47)56-46)37-53-41(48)34-32-30-28-26-24-22-18-16-14-12-10-8-6-4-2/h11,13,17,19,21,23,39-40,43-47,50-52H,3-10,12,14-16,18,20,22,24-38H2,1-2H3/b13-11+,19-17+,23-21+/t39-,40-,43+,44?,45?,46-/m1/s1. The third-order valence-corrected chi connectivity index (χ3v) is 10.3. The van der Waals surface area contributed by atoms with Gasteiger partial charge >= 0.3 is 11.9 Å². The molecule has 0 aromatic carbocycles. The number of allylic oxidation sites excluding steroid dienone is 6. The molecule has 56 heavy (non-hydrogen) atoms. The molecule has 0 amide bonds. The topological polar surface area (TPSA) is 152 Å². The first-order valence-electron chi connectivity index (χ1n) is 22.6. The molecular formula is C46H82O10. The molecule has 0 aromatic rings. The van der Waals surface area contributed by atoms with Crippen molar-refractivity contribution in [1.29, 1.82) is 0 Å². The van der Waals surface area contributed by atoms with Crippen molar-refractivity contribution in [2.24, 2.45) is 0 Å². The fraction of sp³-hybridized carbons (Fsp3) is 0.826. The number of aliphatic hydroxyl groups is 4. The van der Waals surface area contributed by atoms with Crippen molar-refractivity contribution in [3.8, 4) is 0 Å². The van der Waals surface area contributed by atoms with Crippen LogP contribution < -0.4 is 0 Å². The van der Waals surface area contributed by atoms with Gasteiger partial charge in [-0.05, 0) is 51.4 Å². The van der Waals surface area contributed by atoms with Crippen molar-refractivity contribution in [3.05, 3.63) is 36.5 Å². The van der Waals surface area contributed by atoms with Gasteiger partial charge in [0.15, 0.2) is 12.4 Å². The molecule has 1 saturated heterocycles. The zero-order valence-electron chi connectivity index (χ0n) is 35.4. The first-order valence-corrected chi connectivity index (χ1v) is 22.6. The number of hydrogen-bond acceptors (Lipinski definition) is 10. The van der Waals surface area contributed by atoms with Crippen LogP contribution in [0.15, 0.2) is 36.5 Å². The molecule has 326 valence electrons. The van der Waals surface area contributed by atoms with E-state index >= 15 is 0 Å². The second kappa shape index (κ2) is 37.2. The minimum Gasteiger partial charge on any atom is -0.462 e. The van der Waals surface area contributed by atoms with Gasteiger partial charge in [0.05, 0.1) is 13.2 Å². The van der Waals surface area contributed by atoms with E-state index < -0.39 is 49.4 Å². The van der Waals surface area contributed by atoms with E-state index in [2.05, 4.69) is 50.3 Å². The lowest BCUT2D eigenvalue weighted by Gasteiger charge is -2.39. The summed E-state index contributed by atoms with van der Waals surface area (Å²) in [5, 5.41) is 40.1. The summed E-state index contributed by atoms with van der Waals surface area (Å²) in [5.41, 5.74) is 0. The molecule has 0 spiro atoms. The largest absolute Gasteiger partial charge is 0.462 e. The van der Waals surface area contributed by atoms with Gasteiger partial charge in [-0.2, -0.15) is 0 Å². The van der Waals surface area contributed by atoms with Gasteiger partial charge in [-0.25, -0.2) is 0 Å². The van der Waals surface area contributed by atoms with Gasteiger partial charge in [0.1, 0.15) is 31.0 Å².